The first-order valence-electron chi connectivity index (χ1n) is 6.34. The Balaban J connectivity index is 2.32. The van der Waals surface area contributed by atoms with Gasteiger partial charge in [0.25, 0.3) is 5.56 Å². The van der Waals surface area contributed by atoms with Crippen molar-refractivity contribution < 1.29 is 0 Å². The Morgan fingerprint density at radius 2 is 2.25 bits per heavy atom. The molecule has 2 aromatic rings. The van der Waals surface area contributed by atoms with Crippen molar-refractivity contribution in [2.45, 2.75) is 30.4 Å². The maximum absolute atomic E-state index is 11.5. The van der Waals surface area contributed by atoms with E-state index in [1.54, 1.807) is 6.92 Å². The molecule has 1 heterocycles. The van der Waals surface area contributed by atoms with Crippen molar-refractivity contribution in [1.82, 2.24) is 15.3 Å². The van der Waals surface area contributed by atoms with Crippen molar-refractivity contribution >= 4 is 23.4 Å². The minimum Gasteiger partial charge on any atom is -0.313 e. The first kappa shape index (κ1) is 15.1. The molecule has 0 fully saturated rings. The van der Waals surface area contributed by atoms with Gasteiger partial charge in [0.2, 0.25) is 0 Å². The van der Waals surface area contributed by atoms with Gasteiger partial charge >= 0.3 is 0 Å². The molecule has 0 radical (unpaired) electrons. The van der Waals surface area contributed by atoms with Crippen LogP contribution in [0, 0.1) is 6.92 Å². The second-order valence-corrected chi connectivity index (χ2v) is 5.73. The van der Waals surface area contributed by atoms with Crippen molar-refractivity contribution in [1.29, 1.82) is 0 Å². The molecule has 0 amide bonds. The van der Waals surface area contributed by atoms with Gasteiger partial charge in [-0.05, 0) is 31.2 Å². The van der Waals surface area contributed by atoms with Gasteiger partial charge in [-0.25, -0.2) is 4.98 Å². The highest BCUT2D eigenvalue weighted by molar-refractivity contribution is 7.99. The third kappa shape index (κ3) is 3.85. The van der Waals surface area contributed by atoms with Gasteiger partial charge in [-0.2, -0.15) is 0 Å². The fourth-order valence-corrected chi connectivity index (χ4v) is 3.06. The Morgan fingerprint density at radius 1 is 1.45 bits per heavy atom. The Morgan fingerprint density at radius 3 is 2.95 bits per heavy atom. The summed E-state index contributed by atoms with van der Waals surface area (Å²) in [5, 5.41) is 4.56. The number of hydrogen-bond acceptors (Lipinski definition) is 4. The highest BCUT2D eigenvalue weighted by Gasteiger charge is 2.09. The van der Waals surface area contributed by atoms with Crippen LogP contribution in [0.3, 0.4) is 0 Å². The fourth-order valence-electron chi connectivity index (χ4n) is 1.76. The van der Waals surface area contributed by atoms with Crippen molar-refractivity contribution in [3.05, 3.63) is 50.9 Å². The molecule has 1 aromatic carbocycles. The molecule has 0 spiro atoms. The van der Waals surface area contributed by atoms with E-state index in [1.165, 1.54) is 17.8 Å². The number of H-pyrrole nitrogens is 1. The summed E-state index contributed by atoms with van der Waals surface area (Å²) < 4.78 is 0. The van der Waals surface area contributed by atoms with Crippen LogP contribution in [0.2, 0.25) is 5.02 Å². The highest BCUT2D eigenvalue weighted by Crippen LogP contribution is 2.31. The van der Waals surface area contributed by atoms with E-state index < -0.39 is 0 Å². The molecule has 0 bridgehead atoms. The van der Waals surface area contributed by atoms with Crippen LogP contribution in [0.25, 0.3) is 0 Å². The number of benzene rings is 1. The van der Waals surface area contributed by atoms with Gasteiger partial charge in [0, 0.05) is 28.2 Å². The lowest BCUT2D eigenvalue weighted by molar-refractivity contribution is 0.718. The van der Waals surface area contributed by atoms with Crippen molar-refractivity contribution in [3.63, 3.8) is 0 Å². The number of rotatable bonds is 5. The number of aryl methyl sites for hydroxylation is 1. The van der Waals surface area contributed by atoms with Gasteiger partial charge in [-0.3, -0.25) is 4.79 Å². The molecule has 1 aromatic heterocycles. The molecule has 6 heteroatoms. The van der Waals surface area contributed by atoms with Crippen LogP contribution in [0.5, 0.6) is 0 Å². The minimum absolute atomic E-state index is 0.143. The van der Waals surface area contributed by atoms with Crippen LogP contribution in [-0.4, -0.2) is 16.5 Å². The summed E-state index contributed by atoms with van der Waals surface area (Å²) in [5.41, 5.74) is 1.58. The standard InChI is InChI=1S/C14H16ClN3OS/c1-3-16-8-10-11(15)5-4-6-12(10)20-14-17-9(2)7-13(19)18-14/h4-7,16H,3,8H2,1-2H3,(H,17,18,19). The van der Waals surface area contributed by atoms with E-state index in [1.807, 2.05) is 25.1 Å². The zero-order valence-corrected chi connectivity index (χ0v) is 12.9. The molecule has 0 unspecified atom stereocenters. The van der Waals surface area contributed by atoms with Gasteiger partial charge in [-0.1, -0.05) is 36.4 Å². The van der Waals surface area contributed by atoms with Crippen LogP contribution in [0.4, 0.5) is 0 Å². The molecular weight excluding hydrogens is 294 g/mol. The summed E-state index contributed by atoms with van der Waals surface area (Å²) in [6.07, 6.45) is 0. The lowest BCUT2D eigenvalue weighted by Crippen LogP contribution is -2.13. The Kier molecular flexibility index (Phi) is 5.23. The Hall–Kier alpha value is -1.30. The van der Waals surface area contributed by atoms with Gasteiger partial charge in [-0.15, -0.1) is 0 Å². The largest absolute Gasteiger partial charge is 0.313 e. The number of nitrogens with one attached hydrogen (secondary N) is 2. The number of aromatic amines is 1. The molecule has 0 aliphatic rings. The third-order valence-electron chi connectivity index (χ3n) is 2.68. The van der Waals surface area contributed by atoms with Gasteiger partial charge < -0.3 is 10.3 Å². The molecule has 0 atom stereocenters. The molecule has 2 rings (SSSR count). The van der Waals surface area contributed by atoms with E-state index in [-0.39, 0.29) is 5.56 Å². The van der Waals surface area contributed by atoms with Crippen LogP contribution in [0.15, 0.2) is 39.1 Å². The van der Waals surface area contributed by atoms with Crippen LogP contribution < -0.4 is 10.9 Å². The Bertz CT molecular complexity index is 657. The summed E-state index contributed by atoms with van der Waals surface area (Å²) in [5.74, 6) is 0. The van der Waals surface area contributed by atoms with Crippen molar-refractivity contribution in [2.24, 2.45) is 0 Å². The maximum Gasteiger partial charge on any atom is 0.251 e. The first-order chi connectivity index (χ1) is 9.60. The molecule has 0 saturated heterocycles. The van der Waals surface area contributed by atoms with Crippen LogP contribution in [-0.2, 0) is 6.54 Å². The summed E-state index contributed by atoms with van der Waals surface area (Å²) in [6.45, 7) is 5.41. The normalized spacial score (nSPS) is 10.8. The molecule has 0 aliphatic carbocycles. The monoisotopic (exact) mass is 309 g/mol. The molecule has 0 saturated carbocycles. The van der Waals surface area contributed by atoms with E-state index in [9.17, 15) is 4.79 Å². The second-order valence-electron chi connectivity index (χ2n) is 4.29. The molecule has 0 aliphatic heterocycles. The van der Waals surface area contributed by atoms with Crippen molar-refractivity contribution in [3.8, 4) is 0 Å². The van der Waals surface area contributed by atoms with E-state index >= 15 is 0 Å². The molecule has 4 nitrogen and oxygen atoms in total. The van der Waals surface area contributed by atoms with E-state index in [0.717, 1.165) is 17.0 Å². The zero-order valence-electron chi connectivity index (χ0n) is 11.4. The first-order valence-corrected chi connectivity index (χ1v) is 7.53. The minimum atomic E-state index is -0.143. The van der Waals surface area contributed by atoms with Crippen LogP contribution in [0.1, 0.15) is 18.2 Å². The van der Waals surface area contributed by atoms with Gasteiger partial charge in [0.15, 0.2) is 5.16 Å². The van der Waals surface area contributed by atoms with Gasteiger partial charge in [0.1, 0.15) is 0 Å². The number of halogens is 1. The van der Waals surface area contributed by atoms with E-state index in [2.05, 4.69) is 15.3 Å². The van der Waals surface area contributed by atoms with E-state index in [0.29, 0.717) is 22.4 Å². The van der Waals surface area contributed by atoms with Gasteiger partial charge in [0.05, 0.1) is 0 Å². The zero-order chi connectivity index (χ0) is 14.5. The predicted molar refractivity (Wildman–Crippen MR) is 82.6 cm³/mol. The lowest BCUT2D eigenvalue weighted by Gasteiger charge is -2.11. The summed E-state index contributed by atoms with van der Waals surface area (Å²) in [6, 6.07) is 7.21. The quantitative estimate of drug-likeness (QED) is 0.834. The van der Waals surface area contributed by atoms with E-state index in [4.69, 9.17) is 11.6 Å². The SMILES string of the molecule is CCNCc1c(Cl)cccc1Sc1nc(C)cc(=O)[nH]1. The number of hydrogen-bond donors (Lipinski definition) is 2. The van der Waals surface area contributed by atoms with Crippen LogP contribution >= 0.6 is 23.4 Å². The molecule has 20 heavy (non-hydrogen) atoms. The summed E-state index contributed by atoms with van der Waals surface area (Å²) >= 11 is 7.66. The summed E-state index contributed by atoms with van der Waals surface area (Å²) in [4.78, 5) is 19.5. The highest BCUT2D eigenvalue weighted by atomic mass is 35.5. The number of nitrogens with zero attached hydrogens (tertiary/aromatic N) is 1. The Labute approximate surface area is 127 Å². The summed E-state index contributed by atoms with van der Waals surface area (Å²) in [7, 11) is 0. The molecule has 2 N–H and O–H groups in total. The fraction of sp³-hybridized carbons (Fsp3) is 0.286. The second kappa shape index (κ2) is 6.92. The number of aromatic nitrogens is 2. The van der Waals surface area contributed by atoms with Crippen molar-refractivity contribution in [2.75, 3.05) is 6.54 Å². The topological polar surface area (TPSA) is 57.8 Å². The average Bonchev–Trinajstić information content (AvgIpc) is 2.37. The maximum atomic E-state index is 11.5. The smallest absolute Gasteiger partial charge is 0.251 e. The molecular formula is C14H16ClN3OS. The average molecular weight is 310 g/mol. The lowest BCUT2D eigenvalue weighted by atomic mass is 10.2. The molecule has 106 valence electrons. The predicted octanol–water partition coefficient (Wildman–Crippen LogP) is 2.99. The third-order valence-corrected chi connectivity index (χ3v) is 4.03.